The zero-order chi connectivity index (χ0) is 13.1. The van der Waals surface area contributed by atoms with Crippen molar-refractivity contribution < 1.29 is 0 Å². The fraction of sp³-hybridized carbons (Fsp3) is 0.357. The summed E-state index contributed by atoms with van der Waals surface area (Å²) >= 11 is 0. The first kappa shape index (κ1) is 11.9. The molecule has 1 aliphatic rings. The summed E-state index contributed by atoms with van der Waals surface area (Å²) in [5.41, 5.74) is 2.61. The molecule has 0 atom stereocenters. The van der Waals surface area contributed by atoms with Crippen molar-refractivity contribution in [2.75, 3.05) is 18.0 Å². The lowest BCUT2D eigenvalue weighted by Gasteiger charge is -2.33. The summed E-state index contributed by atoms with van der Waals surface area (Å²) in [6.45, 7) is 1.87. The van der Waals surface area contributed by atoms with Gasteiger partial charge in [0.1, 0.15) is 5.69 Å². The molecule has 0 aliphatic carbocycles. The molecule has 2 heterocycles. The second-order valence-electron chi connectivity index (χ2n) is 4.84. The largest absolute Gasteiger partial charge is 0.370 e. The molecule has 5 nitrogen and oxygen atoms in total. The van der Waals surface area contributed by atoms with E-state index < -0.39 is 0 Å². The van der Waals surface area contributed by atoms with Crippen LogP contribution >= 0.6 is 0 Å². The highest BCUT2D eigenvalue weighted by molar-refractivity contribution is 5.66. The van der Waals surface area contributed by atoms with E-state index in [4.69, 9.17) is 0 Å². The van der Waals surface area contributed by atoms with E-state index in [0.29, 0.717) is 11.6 Å². The lowest BCUT2D eigenvalue weighted by atomic mass is 9.93. The monoisotopic (exact) mass is 256 g/mol. The number of H-pyrrole nitrogens is 1. The average molecular weight is 256 g/mol. The Morgan fingerprint density at radius 2 is 2.05 bits per heavy atom. The Morgan fingerprint density at radius 3 is 2.74 bits per heavy atom. The van der Waals surface area contributed by atoms with Crippen LogP contribution in [0.5, 0.6) is 0 Å². The molecule has 0 amide bonds. The number of aromatic nitrogens is 2. The average Bonchev–Trinajstić information content (AvgIpc) is 3.02. The molecule has 98 valence electrons. The molecule has 0 saturated carbocycles. The zero-order valence-corrected chi connectivity index (χ0v) is 10.6. The van der Waals surface area contributed by atoms with Crippen LogP contribution < -0.4 is 4.90 Å². The van der Waals surface area contributed by atoms with E-state index in [1.54, 1.807) is 12.4 Å². The molecular weight excluding hydrogens is 240 g/mol. The number of nitroso groups, excluding NO2 is 1. The summed E-state index contributed by atoms with van der Waals surface area (Å²) in [7, 11) is 0. The van der Waals surface area contributed by atoms with Gasteiger partial charge in [-0.05, 0) is 30.2 Å². The molecule has 0 radical (unpaired) electrons. The number of para-hydroxylation sites is 1. The fourth-order valence-electron chi connectivity index (χ4n) is 2.72. The molecule has 1 N–H and O–H groups in total. The smallest absolute Gasteiger partial charge is 0.131 e. The highest BCUT2D eigenvalue weighted by Crippen LogP contribution is 2.33. The van der Waals surface area contributed by atoms with Gasteiger partial charge in [0.25, 0.3) is 0 Å². The number of nitrogens with zero attached hydrogens (tertiary/aromatic N) is 3. The zero-order valence-electron chi connectivity index (χ0n) is 10.6. The molecule has 0 unspecified atom stereocenters. The van der Waals surface area contributed by atoms with Gasteiger partial charge in [0, 0.05) is 25.2 Å². The molecule has 0 spiro atoms. The number of anilines is 1. The van der Waals surface area contributed by atoms with Crippen LogP contribution in [0.3, 0.4) is 0 Å². The van der Waals surface area contributed by atoms with Crippen molar-refractivity contribution >= 4 is 11.4 Å². The van der Waals surface area contributed by atoms with Gasteiger partial charge in [0.2, 0.25) is 0 Å². The number of imidazole rings is 1. The van der Waals surface area contributed by atoms with Crippen molar-refractivity contribution in [3.05, 3.63) is 47.4 Å². The number of rotatable bonds is 3. The Hall–Kier alpha value is -2.17. The first-order valence-electron chi connectivity index (χ1n) is 6.54. The number of nitrogens with one attached hydrogen (secondary N) is 1. The minimum absolute atomic E-state index is 0.513. The number of hydrogen-bond donors (Lipinski definition) is 1. The van der Waals surface area contributed by atoms with E-state index in [1.807, 2.05) is 24.4 Å². The number of hydrogen-bond acceptors (Lipinski definition) is 4. The van der Waals surface area contributed by atoms with Gasteiger partial charge < -0.3 is 9.88 Å². The summed E-state index contributed by atoms with van der Waals surface area (Å²) in [6, 6.07) is 7.52. The third-order valence-electron chi connectivity index (χ3n) is 3.75. The van der Waals surface area contributed by atoms with E-state index >= 15 is 0 Å². The molecule has 0 bridgehead atoms. The van der Waals surface area contributed by atoms with E-state index in [9.17, 15) is 4.91 Å². The Labute approximate surface area is 111 Å². The number of piperidine rings is 1. The predicted molar refractivity (Wildman–Crippen MR) is 74.7 cm³/mol. The molecule has 5 heteroatoms. The maximum atomic E-state index is 10.8. The van der Waals surface area contributed by atoms with Crippen molar-refractivity contribution in [1.29, 1.82) is 0 Å². The highest BCUT2D eigenvalue weighted by atomic mass is 16.3. The molecule has 19 heavy (non-hydrogen) atoms. The van der Waals surface area contributed by atoms with Gasteiger partial charge in [-0.25, -0.2) is 4.98 Å². The third kappa shape index (κ3) is 2.36. The lowest BCUT2D eigenvalue weighted by Crippen LogP contribution is -2.32. The van der Waals surface area contributed by atoms with Gasteiger partial charge in [0.15, 0.2) is 0 Å². The second-order valence-corrected chi connectivity index (χ2v) is 4.84. The van der Waals surface area contributed by atoms with Gasteiger partial charge in [-0.15, -0.1) is 4.91 Å². The van der Waals surface area contributed by atoms with Crippen molar-refractivity contribution in [2.45, 2.75) is 18.8 Å². The van der Waals surface area contributed by atoms with E-state index in [0.717, 1.165) is 37.3 Å². The Morgan fingerprint density at radius 1 is 1.26 bits per heavy atom. The molecule has 1 aliphatic heterocycles. The SMILES string of the molecule is O=Nc1ccccc1N1CCC(c2c[nH]cn2)CC1. The third-order valence-corrected chi connectivity index (χ3v) is 3.75. The Balaban J connectivity index is 1.71. The van der Waals surface area contributed by atoms with Crippen molar-refractivity contribution in [2.24, 2.45) is 5.18 Å². The summed E-state index contributed by atoms with van der Waals surface area (Å²) < 4.78 is 0. The maximum Gasteiger partial charge on any atom is 0.131 e. The molecule has 3 rings (SSSR count). The van der Waals surface area contributed by atoms with Crippen LogP contribution in [0.4, 0.5) is 11.4 Å². The minimum Gasteiger partial charge on any atom is -0.370 e. The summed E-state index contributed by atoms with van der Waals surface area (Å²) in [5, 5.41) is 3.11. The van der Waals surface area contributed by atoms with Gasteiger partial charge in [-0.3, -0.25) is 0 Å². The summed E-state index contributed by atoms with van der Waals surface area (Å²) in [4.78, 5) is 20.4. The lowest BCUT2D eigenvalue weighted by molar-refractivity contribution is 0.498. The number of aromatic amines is 1. The summed E-state index contributed by atoms with van der Waals surface area (Å²) in [6.07, 6.45) is 5.81. The molecule has 1 saturated heterocycles. The van der Waals surface area contributed by atoms with Crippen molar-refractivity contribution in [3.63, 3.8) is 0 Å². The van der Waals surface area contributed by atoms with Crippen LogP contribution in [0.25, 0.3) is 0 Å². The topological polar surface area (TPSA) is 61.4 Å². The van der Waals surface area contributed by atoms with Crippen LogP contribution in [-0.4, -0.2) is 23.1 Å². The van der Waals surface area contributed by atoms with E-state index in [2.05, 4.69) is 20.0 Å². The van der Waals surface area contributed by atoms with Gasteiger partial charge >= 0.3 is 0 Å². The predicted octanol–water partition coefficient (Wildman–Crippen LogP) is 3.19. The van der Waals surface area contributed by atoms with Gasteiger partial charge in [-0.1, -0.05) is 12.1 Å². The number of benzene rings is 1. The first-order chi connectivity index (χ1) is 9.38. The molecule has 1 fully saturated rings. The van der Waals surface area contributed by atoms with Gasteiger partial charge in [0.05, 0.1) is 17.7 Å². The van der Waals surface area contributed by atoms with E-state index in [1.165, 1.54) is 0 Å². The van der Waals surface area contributed by atoms with Crippen molar-refractivity contribution in [1.82, 2.24) is 9.97 Å². The maximum absolute atomic E-state index is 10.8. The molecule has 1 aromatic carbocycles. The standard InChI is InChI=1S/C14H16N4O/c19-17-12-3-1-2-4-14(12)18-7-5-11(6-8-18)13-9-15-10-16-13/h1-4,9-11H,5-8H2,(H,15,16). The fourth-order valence-corrected chi connectivity index (χ4v) is 2.72. The quantitative estimate of drug-likeness (QED) is 0.858. The second kappa shape index (κ2) is 5.22. The van der Waals surface area contributed by atoms with Crippen molar-refractivity contribution in [3.8, 4) is 0 Å². The van der Waals surface area contributed by atoms with Crippen LogP contribution in [0.2, 0.25) is 0 Å². The highest BCUT2D eigenvalue weighted by Gasteiger charge is 2.23. The first-order valence-corrected chi connectivity index (χ1v) is 6.54. The van der Waals surface area contributed by atoms with Crippen LogP contribution in [0.1, 0.15) is 24.5 Å². The molecular formula is C14H16N4O. The molecule has 2 aromatic rings. The summed E-state index contributed by atoms with van der Waals surface area (Å²) in [5.74, 6) is 0.513. The Bertz CT molecular complexity index is 544. The Kier molecular flexibility index (Phi) is 3.27. The minimum atomic E-state index is 0.513. The van der Waals surface area contributed by atoms with Crippen LogP contribution in [0, 0.1) is 4.91 Å². The van der Waals surface area contributed by atoms with E-state index in [-0.39, 0.29) is 0 Å². The normalized spacial score (nSPS) is 16.5. The van der Waals surface area contributed by atoms with Gasteiger partial charge in [-0.2, -0.15) is 0 Å². The van der Waals surface area contributed by atoms with Crippen LogP contribution in [0.15, 0.2) is 42.0 Å². The molecule has 1 aromatic heterocycles. The van der Waals surface area contributed by atoms with Crippen LogP contribution in [-0.2, 0) is 0 Å².